The predicted molar refractivity (Wildman–Crippen MR) is 171 cm³/mol. The van der Waals surface area contributed by atoms with Gasteiger partial charge < -0.3 is 19.7 Å². The highest BCUT2D eigenvalue weighted by Gasteiger charge is 2.44. The number of alkyl halides is 3. The molecule has 46 heavy (non-hydrogen) atoms. The number of nitrogens with zero attached hydrogens (tertiary/aromatic N) is 2. The zero-order valence-corrected chi connectivity index (χ0v) is 26.1. The van der Waals surface area contributed by atoms with E-state index in [2.05, 4.69) is 4.98 Å². The van der Waals surface area contributed by atoms with Crippen LogP contribution in [0.25, 0.3) is 22.4 Å². The maximum absolute atomic E-state index is 14.6. The molecule has 1 amide bonds. The summed E-state index contributed by atoms with van der Waals surface area (Å²) in [5.74, 6) is -2.15. The summed E-state index contributed by atoms with van der Waals surface area (Å²) in [6.45, 7) is 0.689. The van der Waals surface area contributed by atoms with Crippen LogP contribution in [0.15, 0.2) is 85.1 Å². The largest absolute Gasteiger partial charge is 0.406 e. The molecule has 11 heteroatoms. The normalized spacial score (nSPS) is 18.9. The highest BCUT2D eigenvalue weighted by atomic mass is 31.2. The fourth-order valence-electron chi connectivity index (χ4n) is 6.08. The molecule has 3 atom stereocenters. The number of halogens is 3. The summed E-state index contributed by atoms with van der Waals surface area (Å²) in [5, 5.41) is 0.362. The Bertz CT molecular complexity index is 1750. The first kappa shape index (κ1) is 32.0. The van der Waals surface area contributed by atoms with Gasteiger partial charge in [-0.15, -0.1) is 0 Å². The summed E-state index contributed by atoms with van der Waals surface area (Å²) in [5.41, 5.74) is 10.4. The minimum atomic E-state index is -4.59. The summed E-state index contributed by atoms with van der Waals surface area (Å²) < 4.78 is 53.7. The number of fused-ring (bicyclic) bond motifs is 3. The molecule has 2 N–H and O–H groups in total. The molecule has 1 aromatic heterocycles. The number of hydrogen-bond acceptors (Lipinski definition) is 6. The lowest BCUT2D eigenvalue weighted by Crippen LogP contribution is -2.43. The van der Waals surface area contributed by atoms with Gasteiger partial charge in [-0.1, -0.05) is 74.0 Å². The van der Waals surface area contributed by atoms with Gasteiger partial charge in [-0.25, -0.2) is 0 Å². The average Bonchev–Trinajstić information content (AvgIpc) is 3.40. The molecule has 1 aliphatic heterocycles. The second-order valence-electron chi connectivity index (χ2n) is 11.3. The van der Waals surface area contributed by atoms with E-state index in [0.29, 0.717) is 63.6 Å². The van der Waals surface area contributed by atoms with Gasteiger partial charge in [-0.3, -0.25) is 14.6 Å². The van der Waals surface area contributed by atoms with Gasteiger partial charge in [0, 0.05) is 41.2 Å². The number of pyridine rings is 1. The van der Waals surface area contributed by atoms with Crippen molar-refractivity contribution in [2.45, 2.75) is 44.5 Å². The predicted octanol–water partition coefficient (Wildman–Crippen LogP) is 6.94. The number of unbranched alkanes of at least 4 members (excludes halogenated alkanes) is 1. The van der Waals surface area contributed by atoms with Crippen LogP contribution < -0.4 is 11.0 Å². The van der Waals surface area contributed by atoms with E-state index in [9.17, 15) is 22.8 Å². The molecule has 238 valence electrons. The molecule has 0 spiro atoms. The number of rotatable bonds is 9. The summed E-state index contributed by atoms with van der Waals surface area (Å²) in [4.78, 5) is 34.3. The molecule has 2 heterocycles. The molecule has 6 rings (SSSR count). The van der Waals surface area contributed by atoms with Gasteiger partial charge >= 0.3 is 6.18 Å². The minimum absolute atomic E-state index is 0.0547. The lowest BCUT2D eigenvalue weighted by molar-refractivity contribution is -0.161. The van der Waals surface area contributed by atoms with Crippen LogP contribution in [0.3, 0.4) is 0 Å². The fraction of sp³-hybridized carbons (Fsp3) is 0.286. The van der Waals surface area contributed by atoms with Gasteiger partial charge in [0.1, 0.15) is 12.8 Å². The van der Waals surface area contributed by atoms with Crippen LogP contribution in [0.2, 0.25) is 0 Å². The highest BCUT2D eigenvalue weighted by molar-refractivity contribution is 7.56. The van der Waals surface area contributed by atoms with Crippen LogP contribution in [-0.4, -0.2) is 53.7 Å². The fourth-order valence-corrected chi connectivity index (χ4v) is 7.82. The van der Waals surface area contributed by atoms with Crippen LogP contribution >= 0.6 is 8.38 Å². The SMILES string of the molecule is CCCCN(CC(F)(F)F)C(=O)C1c2ccccc2-c2ccc(C(=O)c3ccccc3-c3ccccn3)c(P3OCCC(N)O3)c21. The van der Waals surface area contributed by atoms with Crippen molar-refractivity contribution in [1.29, 1.82) is 0 Å². The van der Waals surface area contributed by atoms with Crippen molar-refractivity contribution in [3.8, 4) is 22.4 Å². The van der Waals surface area contributed by atoms with Gasteiger partial charge in [-0.05, 0) is 46.9 Å². The number of amides is 1. The molecule has 3 aromatic carbocycles. The van der Waals surface area contributed by atoms with Crippen LogP contribution in [0.1, 0.15) is 59.2 Å². The Labute approximate surface area is 266 Å². The summed E-state index contributed by atoms with van der Waals surface area (Å²) in [6, 6.07) is 23.1. The van der Waals surface area contributed by atoms with Gasteiger partial charge in [0.25, 0.3) is 0 Å². The zero-order chi connectivity index (χ0) is 32.4. The molecule has 1 saturated heterocycles. The molecular formula is C35H33F3N3O4P. The third-order valence-corrected chi connectivity index (χ3v) is 9.89. The molecule has 3 unspecified atom stereocenters. The Hall–Kier alpha value is -3.95. The molecule has 0 radical (unpaired) electrons. The van der Waals surface area contributed by atoms with Crippen molar-refractivity contribution < 1.29 is 31.8 Å². The van der Waals surface area contributed by atoms with Crippen molar-refractivity contribution in [1.82, 2.24) is 9.88 Å². The quantitative estimate of drug-likeness (QED) is 0.156. The van der Waals surface area contributed by atoms with E-state index >= 15 is 0 Å². The standard InChI is InChI=1S/C35H33F3N3O4P/c1-2-3-19-41(21-35(36,37)38)34(43)31-24-12-6-4-10-22(24)25-15-16-27(33(30(25)31)46-44-20-17-29(39)45-46)32(42)26-13-7-5-11-23(26)28-14-8-9-18-40-28/h4-16,18,29,31H,2-3,17,19-21,39H2,1H3. The molecule has 0 bridgehead atoms. The number of nitrogens with two attached hydrogens (primary N) is 1. The van der Waals surface area contributed by atoms with Crippen LogP contribution in [0.5, 0.6) is 0 Å². The van der Waals surface area contributed by atoms with Crippen molar-refractivity contribution in [2.24, 2.45) is 5.73 Å². The number of ketones is 1. The summed E-state index contributed by atoms with van der Waals surface area (Å²) in [7, 11) is -1.98. The first-order chi connectivity index (χ1) is 22.2. The molecule has 7 nitrogen and oxygen atoms in total. The van der Waals surface area contributed by atoms with Crippen molar-refractivity contribution >= 4 is 25.4 Å². The summed E-state index contributed by atoms with van der Waals surface area (Å²) >= 11 is 0. The average molecular weight is 648 g/mol. The van der Waals surface area contributed by atoms with E-state index in [1.54, 1.807) is 48.7 Å². The Morgan fingerprint density at radius 1 is 0.957 bits per heavy atom. The Kier molecular flexibility index (Phi) is 9.34. The van der Waals surface area contributed by atoms with Gasteiger partial charge in [-0.2, -0.15) is 13.2 Å². The zero-order valence-electron chi connectivity index (χ0n) is 25.2. The number of benzene rings is 3. The maximum Gasteiger partial charge on any atom is 0.406 e. The number of carbonyl (C=O) groups excluding carboxylic acids is 2. The first-order valence-electron chi connectivity index (χ1n) is 15.2. The third kappa shape index (κ3) is 6.35. The molecule has 1 aliphatic carbocycles. The topological polar surface area (TPSA) is 94.8 Å². The second kappa shape index (κ2) is 13.4. The monoisotopic (exact) mass is 647 g/mol. The minimum Gasteiger partial charge on any atom is -0.333 e. The van der Waals surface area contributed by atoms with Gasteiger partial charge in [0.2, 0.25) is 14.3 Å². The van der Waals surface area contributed by atoms with Crippen LogP contribution in [0, 0.1) is 0 Å². The smallest absolute Gasteiger partial charge is 0.333 e. The summed E-state index contributed by atoms with van der Waals surface area (Å²) in [6.07, 6.45) is -2.17. The highest BCUT2D eigenvalue weighted by Crippen LogP contribution is 2.52. The Balaban J connectivity index is 1.56. The number of hydrogen-bond donors (Lipinski definition) is 1. The van der Waals surface area contributed by atoms with Crippen molar-refractivity contribution in [2.75, 3.05) is 19.7 Å². The molecular weight excluding hydrogens is 614 g/mol. The van der Waals surface area contributed by atoms with Crippen molar-refractivity contribution in [3.63, 3.8) is 0 Å². The molecule has 2 aliphatic rings. The van der Waals surface area contributed by atoms with E-state index in [0.717, 1.165) is 4.90 Å². The number of aromatic nitrogens is 1. The number of carbonyl (C=O) groups is 2. The molecule has 0 saturated carbocycles. The van der Waals surface area contributed by atoms with E-state index < -0.39 is 39.1 Å². The third-order valence-electron chi connectivity index (χ3n) is 8.16. The van der Waals surface area contributed by atoms with Crippen molar-refractivity contribution in [3.05, 3.63) is 107 Å². The van der Waals surface area contributed by atoms with E-state index in [1.807, 2.05) is 43.3 Å². The first-order valence-corrected chi connectivity index (χ1v) is 16.4. The second-order valence-corrected chi connectivity index (χ2v) is 12.7. The lowest BCUT2D eigenvalue weighted by atomic mass is 9.90. The Morgan fingerprint density at radius 2 is 1.70 bits per heavy atom. The van der Waals surface area contributed by atoms with Crippen LogP contribution in [0.4, 0.5) is 13.2 Å². The van der Waals surface area contributed by atoms with E-state index in [1.165, 1.54) is 0 Å². The van der Waals surface area contributed by atoms with Crippen LogP contribution in [-0.2, 0) is 13.8 Å². The van der Waals surface area contributed by atoms with Gasteiger partial charge in [0.05, 0.1) is 18.2 Å². The van der Waals surface area contributed by atoms with E-state index in [-0.39, 0.29) is 24.5 Å². The maximum atomic E-state index is 14.6. The molecule has 4 aromatic rings. The van der Waals surface area contributed by atoms with E-state index in [4.69, 9.17) is 14.8 Å². The van der Waals surface area contributed by atoms with Gasteiger partial charge in [0.15, 0.2) is 5.78 Å². The molecule has 1 fully saturated rings. The lowest BCUT2D eigenvalue weighted by Gasteiger charge is -2.32. The Morgan fingerprint density at radius 3 is 2.41 bits per heavy atom.